The topological polar surface area (TPSA) is 41.9 Å². The Labute approximate surface area is 158 Å². The molecule has 0 atom stereocenters. The summed E-state index contributed by atoms with van der Waals surface area (Å²) < 4.78 is 6.25. The van der Waals surface area contributed by atoms with Gasteiger partial charge in [0.15, 0.2) is 5.17 Å². The summed E-state index contributed by atoms with van der Waals surface area (Å²) in [6.45, 7) is 2.52. The molecule has 4 aliphatic rings. The fourth-order valence-corrected chi connectivity index (χ4v) is 5.82. The zero-order valence-electron chi connectivity index (χ0n) is 15.0. The second kappa shape index (κ2) is 6.54. The Morgan fingerprint density at radius 3 is 2.65 bits per heavy atom. The number of carbonyl (C=O) groups is 1. The van der Waals surface area contributed by atoms with Crippen LogP contribution in [0.1, 0.15) is 56.1 Å². The number of hydrogen-bond donors (Lipinski definition) is 0. The molecule has 1 amide bonds. The Morgan fingerprint density at radius 1 is 1.08 bits per heavy atom. The number of nitrogens with zero attached hydrogens (tertiary/aromatic N) is 2. The zero-order valence-corrected chi connectivity index (χ0v) is 15.8. The van der Waals surface area contributed by atoms with Crippen molar-refractivity contribution in [1.29, 1.82) is 0 Å². The summed E-state index contributed by atoms with van der Waals surface area (Å²) in [6, 6.07) is 8.59. The number of aliphatic imine (C=N–C) groups is 1. The van der Waals surface area contributed by atoms with Crippen LogP contribution in [-0.2, 0) is 21.7 Å². The van der Waals surface area contributed by atoms with Crippen LogP contribution in [0.4, 0.5) is 0 Å². The van der Waals surface area contributed by atoms with E-state index in [0.717, 1.165) is 55.5 Å². The van der Waals surface area contributed by atoms with Crippen LogP contribution in [0.5, 0.6) is 0 Å². The number of hydrogen-bond acceptors (Lipinski definition) is 4. The molecule has 0 radical (unpaired) electrons. The molecule has 4 nitrogen and oxygen atoms in total. The lowest BCUT2D eigenvalue weighted by molar-refractivity contribution is -0.113. The third-order valence-electron chi connectivity index (χ3n) is 6.22. The van der Waals surface area contributed by atoms with E-state index >= 15 is 0 Å². The summed E-state index contributed by atoms with van der Waals surface area (Å²) in [5.41, 5.74) is 3.90. The highest BCUT2D eigenvalue weighted by molar-refractivity contribution is 8.18. The van der Waals surface area contributed by atoms with Crippen LogP contribution < -0.4 is 0 Å². The van der Waals surface area contributed by atoms with E-state index in [0.29, 0.717) is 0 Å². The van der Waals surface area contributed by atoms with Gasteiger partial charge in [0.2, 0.25) is 0 Å². The normalized spacial score (nSPS) is 25.0. The number of carbonyl (C=O) groups excluding carboxylic acids is 1. The van der Waals surface area contributed by atoms with Crippen LogP contribution in [0.15, 0.2) is 39.7 Å². The SMILES string of the molecule is O=C1N=C(N2CCC3(CC2)OCc2ccccc23)SC1=C1CCCCC1. The lowest BCUT2D eigenvalue weighted by Gasteiger charge is -2.39. The van der Waals surface area contributed by atoms with Gasteiger partial charge in [-0.05, 0) is 61.4 Å². The van der Waals surface area contributed by atoms with Crippen LogP contribution in [0.2, 0.25) is 0 Å². The average molecular weight is 369 g/mol. The van der Waals surface area contributed by atoms with Gasteiger partial charge in [0.1, 0.15) is 0 Å². The third kappa shape index (κ3) is 2.72. The predicted molar refractivity (Wildman–Crippen MR) is 104 cm³/mol. The molecule has 0 unspecified atom stereocenters. The molecule has 1 spiro atoms. The fourth-order valence-electron chi connectivity index (χ4n) is 4.72. The van der Waals surface area contributed by atoms with E-state index in [9.17, 15) is 4.79 Å². The van der Waals surface area contributed by atoms with Crippen molar-refractivity contribution in [3.05, 3.63) is 45.9 Å². The summed E-state index contributed by atoms with van der Waals surface area (Å²) in [4.78, 5) is 20.0. The second-order valence-corrected chi connectivity index (χ2v) is 8.70. The lowest BCUT2D eigenvalue weighted by Crippen LogP contribution is -2.44. The smallest absolute Gasteiger partial charge is 0.286 e. The standard InChI is InChI=1S/C21H24N2O2S/c24-19-18(15-6-2-1-3-7-15)26-20(22-19)23-12-10-21(11-13-23)17-9-5-4-8-16(17)14-25-21/h4-5,8-9H,1-3,6-7,10-14H2. The Morgan fingerprint density at radius 2 is 1.85 bits per heavy atom. The molecule has 1 aliphatic carbocycles. The number of rotatable bonds is 0. The van der Waals surface area contributed by atoms with E-state index in [1.54, 1.807) is 11.8 Å². The van der Waals surface area contributed by atoms with Crippen LogP contribution in [-0.4, -0.2) is 29.1 Å². The van der Waals surface area contributed by atoms with Gasteiger partial charge < -0.3 is 9.64 Å². The van der Waals surface area contributed by atoms with Crippen molar-refractivity contribution in [1.82, 2.24) is 4.90 Å². The van der Waals surface area contributed by atoms with Gasteiger partial charge >= 0.3 is 0 Å². The first-order valence-corrected chi connectivity index (χ1v) is 10.6. The lowest BCUT2D eigenvalue weighted by atomic mass is 9.84. The number of amidine groups is 1. The molecule has 1 saturated carbocycles. The highest BCUT2D eigenvalue weighted by Gasteiger charge is 2.43. The van der Waals surface area contributed by atoms with E-state index in [2.05, 4.69) is 34.2 Å². The van der Waals surface area contributed by atoms with E-state index in [4.69, 9.17) is 4.74 Å². The number of likely N-dealkylation sites (tertiary alicyclic amines) is 1. The van der Waals surface area contributed by atoms with Gasteiger partial charge in [0, 0.05) is 13.1 Å². The summed E-state index contributed by atoms with van der Waals surface area (Å²) >= 11 is 1.61. The molecule has 0 N–H and O–H groups in total. The molecule has 2 fully saturated rings. The summed E-state index contributed by atoms with van der Waals surface area (Å²) in [6.07, 6.45) is 7.79. The number of allylic oxidation sites excluding steroid dienone is 1. The van der Waals surface area contributed by atoms with Crippen molar-refractivity contribution in [2.75, 3.05) is 13.1 Å². The predicted octanol–water partition coefficient (Wildman–Crippen LogP) is 4.36. The molecule has 0 aromatic heterocycles. The van der Waals surface area contributed by atoms with Gasteiger partial charge in [-0.2, -0.15) is 4.99 Å². The number of piperidine rings is 1. The van der Waals surface area contributed by atoms with Crippen molar-refractivity contribution in [2.45, 2.75) is 57.2 Å². The molecule has 5 rings (SSSR count). The Hall–Kier alpha value is -1.59. The Bertz CT molecular complexity index is 798. The Balaban J connectivity index is 1.30. The molecular weight excluding hydrogens is 344 g/mol. The minimum atomic E-state index is -0.133. The van der Waals surface area contributed by atoms with Crippen LogP contribution in [0.25, 0.3) is 0 Å². The first kappa shape index (κ1) is 16.6. The first-order chi connectivity index (χ1) is 12.8. The number of amides is 1. The van der Waals surface area contributed by atoms with E-state index < -0.39 is 0 Å². The molecule has 3 heterocycles. The molecule has 26 heavy (non-hydrogen) atoms. The molecule has 5 heteroatoms. The molecular formula is C21H24N2O2S. The monoisotopic (exact) mass is 368 g/mol. The van der Waals surface area contributed by atoms with Crippen molar-refractivity contribution in [2.24, 2.45) is 4.99 Å². The van der Waals surface area contributed by atoms with E-state index in [1.807, 2.05) is 0 Å². The van der Waals surface area contributed by atoms with Gasteiger partial charge in [0.25, 0.3) is 5.91 Å². The molecule has 136 valence electrons. The average Bonchev–Trinajstić information content (AvgIpc) is 3.25. The molecule has 3 aliphatic heterocycles. The maximum absolute atomic E-state index is 12.4. The molecule has 1 saturated heterocycles. The minimum Gasteiger partial charge on any atom is -0.365 e. The van der Waals surface area contributed by atoms with Crippen LogP contribution in [0.3, 0.4) is 0 Å². The van der Waals surface area contributed by atoms with Crippen molar-refractivity contribution < 1.29 is 9.53 Å². The van der Waals surface area contributed by atoms with E-state index in [1.165, 1.54) is 36.0 Å². The molecule has 1 aromatic rings. The maximum Gasteiger partial charge on any atom is 0.286 e. The summed E-state index contributed by atoms with van der Waals surface area (Å²) in [7, 11) is 0. The van der Waals surface area contributed by atoms with Crippen molar-refractivity contribution in [3.8, 4) is 0 Å². The van der Waals surface area contributed by atoms with Crippen molar-refractivity contribution in [3.63, 3.8) is 0 Å². The first-order valence-electron chi connectivity index (χ1n) is 9.75. The second-order valence-electron chi connectivity index (χ2n) is 7.72. The third-order valence-corrected chi connectivity index (χ3v) is 7.42. The quantitative estimate of drug-likeness (QED) is 0.638. The fraction of sp³-hybridized carbons (Fsp3) is 0.524. The van der Waals surface area contributed by atoms with Gasteiger partial charge in [-0.3, -0.25) is 4.79 Å². The zero-order chi connectivity index (χ0) is 17.6. The van der Waals surface area contributed by atoms with Gasteiger partial charge in [-0.25, -0.2) is 0 Å². The largest absolute Gasteiger partial charge is 0.365 e. The van der Waals surface area contributed by atoms with Gasteiger partial charge in [-0.15, -0.1) is 0 Å². The number of benzene rings is 1. The maximum atomic E-state index is 12.4. The van der Waals surface area contributed by atoms with E-state index in [-0.39, 0.29) is 11.5 Å². The Kier molecular flexibility index (Phi) is 4.17. The summed E-state index contributed by atoms with van der Waals surface area (Å²) in [5.74, 6) is -0.00958. The minimum absolute atomic E-state index is 0.00958. The van der Waals surface area contributed by atoms with Crippen molar-refractivity contribution >= 4 is 22.8 Å². The van der Waals surface area contributed by atoms with Gasteiger partial charge in [0.05, 0.1) is 17.1 Å². The van der Waals surface area contributed by atoms with Gasteiger partial charge in [-0.1, -0.05) is 36.3 Å². The number of ether oxygens (including phenoxy) is 1. The number of fused-ring (bicyclic) bond motifs is 2. The molecule has 0 bridgehead atoms. The summed E-state index contributed by atoms with van der Waals surface area (Å²) in [5, 5.41) is 0.907. The van der Waals surface area contributed by atoms with Crippen LogP contribution in [0, 0.1) is 0 Å². The molecule has 1 aromatic carbocycles. The highest BCUT2D eigenvalue weighted by Crippen LogP contribution is 2.45. The number of thioether (sulfide) groups is 1. The highest BCUT2D eigenvalue weighted by atomic mass is 32.2. The van der Waals surface area contributed by atoms with Crippen LogP contribution >= 0.6 is 11.8 Å².